The van der Waals surface area contributed by atoms with Gasteiger partial charge in [0, 0.05) is 12.1 Å². The second-order valence-electron chi connectivity index (χ2n) is 4.43. The van der Waals surface area contributed by atoms with Gasteiger partial charge >= 0.3 is 0 Å². The topological polar surface area (TPSA) is 68.0 Å². The van der Waals surface area contributed by atoms with Crippen LogP contribution in [0.25, 0.3) is 0 Å². The second kappa shape index (κ2) is 5.23. The first-order valence-corrected chi connectivity index (χ1v) is 5.84. The van der Waals surface area contributed by atoms with E-state index in [0.717, 1.165) is 25.7 Å². The van der Waals surface area contributed by atoms with Crippen LogP contribution in [0.15, 0.2) is 18.2 Å². The van der Waals surface area contributed by atoms with Crippen LogP contribution in [0.5, 0.6) is 0 Å². The summed E-state index contributed by atoms with van der Waals surface area (Å²) in [7, 11) is 0. The van der Waals surface area contributed by atoms with Crippen molar-refractivity contribution in [3.8, 4) is 0 Å². The van der Waals surface area contributed by atoms with Gasteiger partial charge in [0.05, 0.1) is 0 Å². The maximum atomic E-state index is 12.8. The van der Waals surface area contributed by atoms with Crippen LogP contribution >= 0.6 is 0 Å². The lowest BCUT2D eigenvalue weighted by molar-refractivity contribution is 0.0919. The summed E-state index contributed by atoms with van der Waals surface area (Å²) in [4.78, 5) is 15.3. The molecule has 1 aliphatic rings. The molecule has 0 aliphatic heterocycles. The van der Waals surface area contributed by atoms with Crippen LogP contribution in [0.3, 0.4) is 0 Å². The number of nitrogens with two attached hydrogens (primary N) is 1. The number of nitrogens with one attached hydrogen (secondary N) is 1. The molecule has 1 amide bonds. The van der Waals surface area contributed by atoms with E-state index in [1.165, 1.54) is 18.2 Å². The Labute approximate surface area is 99.4 Å². The van der Waals surface area contributed by atoms with Crippen molar-refractivity contribution in [1.29, 1.82) is 0 Å². The Balaban J connectivity index is 1.93. The van der Waals surface area contributed by atoms with E-state index in [2.05, 4.69) is 10.3 Å². The minimum absolute atomic E-state index is 0.125. The number of hydrogen-bond acceptors (Lipinski definition) is 3. The van der Waals surface area contributed by atoms with Crippen molar-refractivity contribution in [1.82, 2.24) is 10.3 Å². The molecule has 1 aliphatic carbocycles. The fourth-order valence-electron chi connectivity index (χ4n) is 2.06. The molecule has 0 radical (unpaired) electrons. The number of nitrogens with zero attached hydrogens (tertiary/aromatic N) is 1. The van der Waals surface area contributed by atoms with E-state index < -0.39 is 5.95 Å². The third-order valence-electron chi connectivity index (χ3n) is 3.05. The summed E-state index contributed by atoms with van der Waals surface area (Å²) in [5.41, 5.74) is 5.91. The predicted octanol–water partition coefficient (Wildman–Crippen LogP) is 1.22. The summed E-state index contributed by atoms with van der Waals surface area (Å²) in [6.45, 7) is 0. The number of halogens is 1. The molecule has 5 heteroatoms. The van der Waals surface area contributed by atoms with Crippen LogP contribution in [0.4, 0.5) is 4.39 Å². The number of amides is 1. The maximum absolute atomic E-state index is 12.8. The molecule has 0 spiro atoms. The zero-order chi connectivity index (χ0) is 12.3. The van der Waals surface area contributed by atoms with Gasteiger partial charge in [-0.15, -0.1) is 0 Å². The fraction of sp³-hybridized carbons (Fsp3) is 0.500. The smallest absolute Gasteiger partial charge is 0.270 e. The SMILES string of the molecule is NC1CCC(NC(=O)c2cccc(F)n2)CC1. The van der Waals surface area contributed by atoms with E-state index in [4.69, 9.17) is 5.73 Å². The molecule has 1 aromatic heterocycles. The van der Waals surface area contributed by atoms with Gasteiger partial charge in [0.25, 0.3) is 5.91 Å². The zero-order valence-corrected chi connectivity index (χ0v) is 9.53. The van der Waals surface area contributed by atoms with E-state index in [-0.39, 0.29) is 23.7 Å². The molecule has 2 rings (SSSR count). The van der Waals surface area contributed by atoms with Crippen molar-refractivity contribution in [3.63, 3.8) is 0 Å². The Morgan fingerprint density at radius 2 is 2.06 bits per heavy atom. The Bertz CT molecular complexity index is 402. The van der Waals surface area contributed by atoms with Crippen LogP contribution in [-0.4, -0.2) is 23.0 Å². The fourth-order valence-corrected chi connectivity index (χ4v) is 2.06. The van der Waals surface area contributed by atoms with Gasteiger partial charge in [0.15, 0.2) is 0 Å². The van der Waals surface area contributed by atoms with E-state index in [1.54, 1.807) is 0 Å². The van der Waals surface area contributed by atoms with Crippen LogP contribution in [0.1, 0.15) is 36.2 Å². The minimum Gasteiger partial charge on any atom is -0.348 e. The molecule has 1 fully saturated rings. The van der Waals surface area contributed by atoms with Crippen LogP contribution in [-0.2, 0) is 0 Å². The van der Waals surface area contributed by atoms with Gasteiger partial charge in [-0.25, -0.2) is 4.98 Å². The molecule has 0 bridgehead atoms. The van der Waals surface area contributed by atoms with Crippen molar-refractivity contribution in [2.45, 2.75) is 37.8 Å². The second-order valence-corrected chi connectivity index (χ2v) is 4.43. The number of hydrogen-bond donors (Lipinski definition) is 2. The molecule has 3 N–H and O–H groups in total. The highest BCUT2D eigenvalue weighted by molar-refractivity contribution is 5.92. The monoisotopic (exact) mass is 237 g/mol. The number of aromatic nitrogens is 1. The first kappa shape index (κ1) is 12.0. The molecule has 0 atom stereocenters. The third kappa shape index (κ3) is 3.23. The quantitative estimate of drug-likeness (QED) is 0.760. The van der Waals surface area contributed by atoms with Crippen molar-refractivity contribution in [2.75, 3.05) is 0 Å². The molecule has 17 heavy (non-hydrogen) atoms. The molecular formula is C12H16FN3O. The number of pyridine rings is 1. The Morgan fingerprint density at radius 3 is 2.71 bits per heavy atom. The first-order valence-electron chi connectivity index (χ1n) is 5.84. The number of carbonyl (C=O) groups excluding carboxylic acids is 1. The van der Waals surface area contributed by atoms with Crippen LogP contribution < -0.4 is 11.1 Å². The van der Waals surface area contributed by atoms with Crippen LogP contribution in [0.2, 0.25) is 0 Å². The van der Waals surface area contributed by atoms with E-state index in [1.807, 2.05) is 0 Å². The lowest BCUT2D eigenvalue weighted by Crippen LogP contribution is -2.40. The highest BCUT2D eigenvalue weighted by Gasteiger charge is 2.20. The Hall–Kier alpha value is -1.49. The molecule has 4 nitrogen and oxygen atoms in total. The average Bonchev–Trinajstić information content (AvgIpc) is 2.32. The number of rotatable bonds is 2. The molecular weight excluding hydrogens is 221 g/mol. The van der Waals surface area contributed by atoms with Crippen molar-refractivity contribution >= 4 is 5.91 Å². The maximum Gasteiger partial charge on any atom is 0.270 e. The van der Waals surface area contributed by atoms with Gasteiger partial charge in [0.2, 0.25) is 5.95 Å². The van der Waals surface area contributed by atoms with E-state index in [0.29, 0.717) is 0 Å². The lowest BCUT2D eigenvalue weighted by Gasteiger charge is -2.26. The van der Waals surface area contributed by atoms with Gasteiger partial charge < -0.3 is 11.1 Å². The highest BCUT2D eigenvalue weighted by atomic mass is 19.1. The van der Waals surface area contributed by atoms with Crippen molar-refractivity contribution in [2.24, 2.45) is 5.73 Å². The molecule has 0 unspecified atom stereocenters. The van der Waals surface area contributed by atoms with Gasteiger partial charge in [-0.2, -0.15) is 4.39 Å². The minimum atomic E-state index is -0.636. The summed E-state index contributed by atoms with van der Waals surface area (Å²) in [6.07, 6.45) is 3.59. The van der Waals surface area contributed by atoms with Gasteiger partial charge in [-0.05, 0) is 37.8 Å². The molecule has 0 saturated heterocycles. The summed E-state index contributed by atoms with van der Waals surface area (Å²) in [6, 6.07) is 4.58. The summed E-state index contributed by atoms with van der Waals surface area (Å²) in [5, 5.41) is 2.86. The van der Waals surface area contributed by atoms with Crippen molar-refractivity contribution < 1.29 is 9.18 Å². The Kier molecular flexibility index (Phi) is 3.68. The van der Waals surface area contributed by atoms with E-state index >= 15 is 0 Å². The molecule has 1 heterocycles. The summed E-state index contributed by atoms with van der Waals surface area (Å²) in [5.74, 6) is -0.951. The summed E-state index contributed by atoms with van der Waals surface area (Å²) < 4.78 is 12.8. The van der Waals surface area contributed by atoms with Gasteiger partial charge in [-0.3, -0.25) is 4.79 Å². The van der Waals surface area contributed by atoms with Gasteiger partial charge in [-0.1, -0.05) is 6.07 Å². The molecule has 1 aromatic rings. The molecule has 1 saturated carbocycles. The lowest BCUT2D eigenvalue weighted by atomic mass is 9.92. The third-order valence-corrected chi connectivity index (χ3v) is 3.05. The first-order chi connectivity index (χ1) is 8.15. The largest absolute Gasteiger partial charge is 0.348 e. The molecule has 0 aromatic carbocycles. The van der Waals surface area contributed by atoms with Gasteiger partial charge in [0.1, 0.15) is 5.69 Å². The van der Waals surface area contributed by atoms with Crippen molar-refractivity contribution in [3.05, 3.63) is 29.8 Å². The summed E-state index contributed by atoms with van der Waals surface area (Å²) >= 11 is 0. The zero-order valence-electron chi connectivity index (χ0n) is 9.53. The standard InChI is InChI=1S/C12H16FN3O/c13-11-3-1-2-10(16-11)12(17)15-9-6-4-8(14)5-7-9/h1-3,8-9H,4-7,14H2,(H,15,17). The van der Waals surface area contributed by atoms with Crippen LogP contribution in [0, 0.1) is 5.95 Å². The van der Waals surface area contributed by atoms with E-state index in [9.17, 15) is 9.18 Å². The Morgan fingerprint density at radius 1 is 1.35 bits per heavy atom. The average molecular weight is 237 g/mol. The number of carbonyl (C=O) groups is 1. The normalized spacial score (nSPS) is 24.4. The molecule has 92 valence electrons. The highest BCUT2D eigenvalue weighted by Crippen LogP contribution is 2.17. The predicted molar refractivity (Wildman–Crippen MR) is 61.9 cm³/mol.